The molecule has 21 heavy (non-hydrogen) atoms. The van der Waals surface area contributed by atoms with Gasteiger partial charge >= 0.3 is 5.97 Å². The number of rotatable bonds is 5. The second-order valence-corrected chi connectivity index (χ2v) is 6.26. The number of aryl methyl sites for hydroxylation is 1. The number of carbonyl (C=O) groups excluding carboxylic acids is 1. The predicted octanol–water partition coefficient (Wildman–Crippen LogP) is 3.24. The summed E-state index contributed by atoms with van der Waals surface area (Å²) in [6, 6.07) is 1.32. The Balaban J connectivity index is 2.14. The molecule has 1 fully saturated rings. The number of hydrogen-bond acceptors (Lipinski definition) is 3. The van der Waals surface area contributed by atoms with Gasteiger partial charge < -0.3 is 14.8 Å². The van der Waals surface area contributed by atoms with Gasteiger partial charge in [-0.2, -0.15) is 0 Å². The largest absolute Gasteiger partial charge is 0.478 e. The zero-order valence-corrected chi connectivity index (χ0v) is 12.9. The van der Waals surface area contributed by atoms with Crippen molar-refractivity contribution in [2.45, 2.75) is 58.4 Å². The average molecular weight is 293 g/mol. The number of furan rings is 1. The topological polar surface area (TPSA) is 79.5 Å². The Bertz CT molecular complexity index is 538. The summed E-state index contributed by atoms with van der Waals surface area (Å²) in [7, 11) is 0. The highest BCUT2D eigenvalue weighted by Crippen LogP contribution is 2.34. The quantitative estimate of drug-likeness (QED) is 0.873. The zero-order chi connectivity index (χ0) is 15.6. The van der Waals surface area contributed by atoms with Gasteiger partial charge in [-0.3, -0.25) is 4.79 Å². The number of amides is 1. The molecule has 1 aromatic rings. The number of carbonyl (C=O) groups is 2. The molecule has 1 heterocycles. The number of nitrogens with one attached hydrogen (secondary N) is 1. The third-order valence-corrected chi connectivity index (χ3v) is 4.40. The molecule has 2 rings (SSSR count). The van der Waals surface area contributed by atoms with Crippen LogP contribution in [0.4, 0.5) is 0 Å². The maximum atomic E-state index is 12.3. The molecule has 0 aromatic carbocycles. The van der Waals surface area contributed by atoms with E-state index >= 15 is 0 Å². The van der Waals surface area contributed by atoms with Crippen LogP contribution in [0.2, 0.25) is 0 Å². The van der Waals surface area contributed by atoms with Crippen molar-refractivity contribution >= 4 is 11.9 Å². The van der Waals surface area contributed by atoms with E-state index in [0.29, 0.717) is 18.1 Å². The van der Waals surface area contributed by atoms with Gasteiger partial charge in [0.05, 0.1) is 0 Å². The van der Waals surface area contributed by atoms with Gasteiger partial charge in [0.15, 0.2) is 5.76 Å². The van der Waals surface area contributed by atoms with E-state index in [2.05, 4.69) is 5.32 Å². The molecule has 5 heteroatoms. The van der Waals surface area contributed by atoms with E-state index in [0.717, 1.165) is 12.8 Å². The van der Waals surface area contributed by atoms with Gasteiger partial charge in [-0.15, -0.1) is 0 Å². The average Bonchev–Trinajstić information content (AvgIpc) is 3.07. The summed E-state index contributed by atoms with van der Waals surface area (Å²) in [5.41, 5.74) is -0.239. The standard InChI is InChI=1S/C16H23NO4/c1-4-12-11(15(19)20)9-13(21-12)14(18)17-16(2,3)10-7-5-6-8-10/h9-10H,4-8H2,1-3H3,(H,17,18)(H,19,20). The smallest absolute Gasteiger partial charge is 0.339 e. The monoisotopic (exact) mass is 293 g/mol. The molecule has 0 aliphatic heterocycles. The lowest BCUT2D eigenvalue weighted by molar-refractivity contribution is 0.0693. The van der Waals surface area contributed by atoms with E-state index in [9.17, 15) is 9.59 Å². The van der Waals surface area contributed by atoms with Gasteiger partial charge in [-0.25, -0.2) is 4.79 Å². The summed E-state index contributed by atoms with van der Waals surface area (Å²) in [6.45, 7) is 5.83. The number of carboxylic acids is 1. The Morgan fingerprint density at radius 2 is 2.00 bits per heavy atom. The highest BCUT2D eigenvalue weighted by atomic mass is 16.4. The Kier molecular flexibility index (Phi) is 4.40. The van der Waals surface area contributed by atoms with Crippen LogP contribution in [0.3, 0.4) is 0 Å². The maximum absolute atomic E-state index is 12.3. The molecule has 1 aromatic heterocycles. The first-order valence-electron chi connectivity index (χ1n) is 7.53. The van der Waals surface area contributed by atoms with Gasteiger partial charge in [0.1, 0.15) is 11.3 Å². The Morgan fingerprint density at radius 3 is 2.48 bits per heavy atom. The number of aromatic carboxylic acids is 1. The van der Waals surface area contributed by atoms with Crippen LogP contribution < -0.4 is 5.32 Å². The van der Waals surface area contributed by atoms with E-state index in [4.69, 9.17) is 9.52 Å². The fourth-order valence-electron chi connectivity index (χ4n) is 3.09. The molecule has 0 atom stereocenters. The van der Waals surface area contributed by atoms with Crippen LogP contribution >= 0.6 is 0 Å². The highest BCUT2D eigenvalue weighted by Gasteiger charge is 2.34. The molecule has 116 valence electrons. The van der Waals surface area contributed by atoms with Crippen LogP contribution in [0.15, 0.2) is 10.5 Å². The van der Waals surface area contributed by atoms with Crippen LogP contribution in [0.1, 0.15) is 73.1 Å². The molecule has 5 nitrogen and oxygen atoms in total. The Morgan fingerprint density at radius 1 is 1.38 bits per heavy atom. The molecule has 0 unspecified atom stereocenters. The van der Waals surface area contributed by atoms with E-state index in [-0.39, 0.29) is 22.8 Å². The molecule has 0 radical (unpaired) electrons. The minimum Gasteiger partial charge on any atom is -0.478 e. The van der Waals surface area contributed by atoms with Crippen molar-refractivity contribution in [3.63, 3.8) is 0 Å². The third-order valence-electron chi connectivity index (χ3n) is 4.40. The van der Waals surface area contributed by atoms with Crippen molar-refractivity contribution in [2.75, 3.05) is 0 Å². The van der Waals surface area contributed by atoms with Gasteiger partial charge in [-0.1, -0.05) is 19.8 Å². The van der Waals surface area contributed by atoms with Crippen molar-refractivity contribution in [1.29, 1.82) is 0 Å². The zero-order valence-electron chi connectivity index (χ0n) is 12.9. The summed E-state index contributed by atoms with van der Waals surface area (Å²) < 4.78 is 5.40. The van der Waals surface area contributed by atoms with Gasteiger partial charge in [0.25, 0.3) is 5.91 Å². The normalized spacial score (nSPS) is 16.1. The third kappa shape index (κ3) is 3.28. The summed E-state index contributed by atoms with van der Waals surface area (Å²) in [5.74, 6) is -0.526. The molecule has 1 aliphatic carbocycles. The van der Waals surface area contributed by atoms with Crippen LogP contribution in [0.25, 0.3) is 0 Å². The molecular formula is C16H23NO4. The summed E-state index contributed by atoms with van der Waals surface area (Å²) in [4.78, 5) is 23.4. The maximum Gasteiger partial charge on any atom is 0.339 e. The van der Waals surface area contributed by atoms with Crippen LogP contribution in [0.5, 0.6) is 0 Å². The van der Waals surface area contributed by atoms with Gasteiger partial charge in [-0.05, 0) is 32.6 Å². The number of carboxylic acid groups (broad SMARTS) is 1. The first-order chi connectivity index (χ1) is 9.85. The minimum absolute atomic E-state index is 0.0707. The molecule has 0 spiro atoms. The van der Waals surface area contributed by atoms with E-state index in [1.807, 2.05) is 13.8 Å². The van der Waals surface area contributed by atoms with E-state index in [1.165, 1.54) is 18.9 Å². The first kappa shape index (κ1) is 15.6. The molecule has 1 saturated carbocycles. The SMILES string of the molecule is CCc1oc(C(=O)NC(C)(C)C2CCCC2)cc1C(=O)O. The molecular weight excluding hydrogens is 270 g/mol. The Hall–Kier alpha value is -1.78. The number of hydrogen-bond donors (Lipinski definition) is 2. The van der Waals surface area contributed by atoms with Crippen molar-refractivity contribution in [3.05, 3.63) is 23.2 Å². The second kappa shape index (κ2) is 5.92. The molecule has 0 bridgehead atoms. The summed E-state index contributed by atoms with van der Waals surface area (Å²) >= 11 is 0. The molecule has 0 saturated heterocycles. The molecule has 2 N–H and O–H groups in total. The van der Waals surface area contributed by atoms with Crippen LogP contribution in [-0.2, 0) is 6.42 Å². The van der Waals surface area contributed by atoms with Crippen molar-refractivity contribution in [1.82, 2.24) is 5.32 Å². The van der Waals surface area contributed by atoms with Crippen LogP contribution in [0, 0.1) is 5.92 Å². The summed E-state index contributed by atoms with van der Waals surface area (Å²) in [6.07, 6.45) is 5.08. The molecule has 1 amide bonds. The lowest BCUT2D eigenvalue weighted by atomic mass is 9.86. The lowest BCUT2D eigenvalue weighted by Gasteiger charge is -2.32. The van der Waals surface area contributed by atoms with Gasteiger partial charge in [0.2, 0.25) is 0 Å². The van der Waals surface area contributed by atoms with E-state index in [1.54, 1.807) is 6.92 Å². The van der Waals surface area contributed by atoms with Crippen molar-refractivity contribution in [2.24, 2.45) is 5.92 Å². The second-order valence-electron chi connectivity index (χ2n) is 6.26. The Labute approximate surface area is 124 Å². The summed E-state index contributed by atoms with van der Waals surface area (Å²) in [5, 5.41) is 12.1. The van der Waals surface area contributed by atoms with E-state index < -0.39 is 5.97 Å². The van der Waals surface area contributed by atoms with Gasteiger partial charge in [0, 0.05) is 18.0 Å². The fourth-order valence-corrected chi connectivity index (χ4v) is 3.09. The first-order valence-corrected chi connectivity index (χ1v) is 7.53. The van der Waals surface area contributed by atoms with Crippen molar-refractivity contribution in [3.8, 4) is 0 Å². The van der Waals surface area contributed by atoms with Crippen molar-refractivity contribution < 1.29 is 19.1 Å². The minimum atomic E-state index is -1.07. The highest BCUT2D eigenvalue weighted by molar-refractivity contribution is 5.96. The fraction of sp³-hybridized carbons (Fsp3) is 0.625. The lowest BCUT2D eigenvalue weighted by Crippen LogP contribution is -2.48. The molecule has 1 aliphatic rings. The predicted molar refractivity (Wildman–Crippen MR) is 78.5 cm³/mol. The van der Waals surface area contributed by atoms with Crippen LogP contribution in [-0.4, -0.2) is 22.5 Å².